The molecule has 1 saturated heterocycles. The zero-order valence-electron chi connectivity index (χ0n) is 12.8. The van der Waals surface area contributed by atoms with Crippen LogP contribution in [0.25, 0.3) is 0 Å². The molecule has 3 rings (SSSR count). The lowest BCUT2D eigenvalue weighted by atomic mass is 10.1. The highest BCUT2D eigenvalue weighted by Gasteiger charge is 2.35. The normalized spacial score (nSPS) is 17.4. The lowest BCUT2D eigenvalue weighted by Gasteiger charge is -2.19. The topological polar surface area (TPSA) is 49.4 Å². The first-order valence-electron chi connectivity index (χ1n) is 7.47. The number of carbonyl (C=O) groups is 2. The Hall–Kier alpha value is -2.14. The fourth-order valence-corrected chi connectivity index (χ4v) is 3.02. The van der Waals surface area contributed by atoms with E-state index in [1.807, 2.05) is 55.5 Å². The minimum Gasteiger partial charge on any atom is -0.326 e. The van der Waals surface area contributed by atoms with E-state index in [1.165, 1.54) is 0 Å². The Labute approximate surface area is 143 Å². The van der Waals surface area contributed by atoms with Gasteiger partial charge in [0.15, 0.2) is 0 Å². The van der Waals surface area contributed by atoms with Gasteiger partial charge in [0.25, 0.3) is 0 Å². The largest absolute Gasteiger partial charge is 0.326 e. The van der Waals surface area contributed by atoms with Gasteiger partial charge in [-0.25, -0.2) is 0 Å². The number of benzene rings is 2. The Morgan fingerprint density at radius 2 is 1.87 bits per heavy atom. The van der Waals surface area contributed by atoms with Gasteiger partial charge >= 0.3 is 0 Å². The number of aryl methyl sites for hydroxylation is 1. The van der Waals surface area contributed by atoms with Gasteiger partial charge in [-0.3, -0.25) is 9.59 Å². The molecule has 0 aromatic heterocycles. The number of rotatable bonds is 3. The van der Waals surface area contributed by atoms with Crippen molar-refractivity contribution >= 4 is 39.1 Å². The maximum absolute atomic E-state index is 12.4. The molecule has 0 radical (unpaired) electrons. The monoisotopic (exact) mass is 372 g/mol. The molecule has 0 saturated carbocycles. The van der Waals surface area contributed by atoms with Gasteiger partial charge in [0.1, 0.15) is 0 Å². The fourth-order valence-electron chi connectivity index (χ4n) is 2.76. The van der Waals surface area contributed by atoms with Gasteiger partial charge in [0, 0.05) is 28.8 Å². The molecule has 2 aromatic carbocycles. The van der Waals surface area contributed by atoms with Crippen molar-refractivity contribution < 1.29 is 9.59 Å². The number of halogens is 1. The van der Waals surface area contributed by atoms with E-state index in [4.69, 9.17) is 0 Å². The standard InChI is InChI=1S/C18H17BrN2O2/c1-12-4-2-3-5-16(12)21-11-13(10-17(21)22)18(23)20-15-8-6-14(19)7-9-15/h2-9,13H,10-11H2,1H3,(H,20,23)/t13-/m0/s1. The molecule has 5 heteroatoms. The number of nitrogens with zero attached hydrogens (tertiary/aromatic N) is 1. The summed E-state index contributed by atoms with van der Waals surface area (Å²) in [5.41, 5.74) is 2.66. The van der Waals surface area contributed by atoms with Crippen molar-refractivity contribution in [2.24, 2.45) is 5.92 Å². The molecule has 1 atom stereocenters. The molecular weight excluding hydrogens is 356 g/mol. The van der Waals surface area contributed by atoms with Crippen LogP contribution >= 0.6 is 15.9 Å². The molecule has 1 N–H and O–H groups in total. The van der Waals surface area contributed by atoms with Gasteiger partial charge in [0.05, 0.1) is 5.92 Å². The van der Waals surface area contributed by atoms with Crippen molar-refractivity contribution in [2.75, 3.05) is 16.8 Å². The van der Waals surface area contributed by atoms with Crippen LogP contribution in [0.2, 0.25) is 0 Å². The molecule has 1 aliphatic heterocycles. The summed E-state index contributed by atoms with van der Waals surface area (Å²) in [6.45, 7) is 2.39. The third-order valence-electron chi connectivity index (χ3n) is 4.01. The summed E-state index contributed by atoms with van der Waals surface area (Å²) in [4.78, 5) is 26.4. The van der Waals surface area contributed by atoms with Crippen molar-refractivity contribution in [2.45, 2.75) is 13.3 Å². The second kappa shape index (κ2) is 6.54. The highest BCUT2D eigenvalue weighted by atomic mass is 79.9. The highest BCUT2D eigenvalue weighted by molar-refractivity contribution is 9.10. The first kappa shape index (κ1) is 15.7. The molecule has 23 heavy (non-hydrogen) atoms. The van der Waals surface area contributed by atoms with E-state index in [9.17, 15) is 9.59 Å². The molecular formula is C18H17BrN2O2. The molecule has 4 nitrogen and oxygen atoms in total. The van der Waals surface area contributed by atoms with Crippen LogP contribution in [0, 0.1) is 12.8 Å². The van der Waals surface area contributed by atoms with Crippen LogP contribution in [0.5, 0.6) is 0 Å². The molecule has 0 spiro atoms. The minimum atomic E-state index is -0.328. The Kier molecular flexibility index (Phi) is 4.48. The van der Waals surface area contributed by atoms with Crippen LogP contribution in [-0.4, -0.2) is 18.4 Å². The molecule has 118 valence electrons. The molecule has 1 fully saturated rings. The third-order valence-corrected chi connectivity index (χ3v) is 4.54. The molecule has 2 amide bonds. The van der Waals surface area contributed by atoms with Gasteiger partial charge < -0.3 is 10.2 Å². The molecule has 0 bridgehead atoms. The van der Waals surface area contributed by atoms with Gasteiger partial charge in [-0.15, -0.1) is 0 Å². The summed E-state index contributed by atoms with van der Waals surface area (Å²) in [5.74, 6) is -0.447. The molecule has 1 heterocycles. The van der Waals surface area contributed by atoms with Crippen molar-refractivity contribution in [1.82, 2.24) is 0 Å². The maximum atomic E-state index is 12.4. The Bertz CT molecular complexity index is 743. The number of anilines is 2. The van der Waals surface area contributed by atoms with Crippen molar-refractivity contribution in [3.05, 3.63) is 58.6 Å². The SMILES string of the molecule is Cc1ccccc1N1C[C@@H](C(=O)Nc2ccc(Br)cc2)CC1=O. The number of amides is 2. The Balaban J connectivity index is 1.71. The van der Waals surface area contributed by atoms with E-state index in [1.54, 1.807) is 4.90 Å². The Morgan fingerprint density at radius 1 is 1.17 bits per heavy atom. The zero-order chi connectivity index (χ0) is 16.4. The minimum absolute atomic E-state index is 0.00439. The number of nitrogens with one attached hydrogen (secondary N) is 1. The number of para-hydroxylation sites is 1. The van der Waals surface area contributed by atoms with E-state index in [2.05, 4.69) is 21.2 Å². The van der Waals surface area contributed by atoms with Crippen LogP contribution in [0.1, 0.15) is 12.0 Å². The predicted octanol–water partition coefficient (Wildman–Crippen LogP) is 3.75. The van der Waals surface area contributed by atoms with Crippen molar-refractivity contribution in [3.63, 3.8) is 0 Å². The van der Waals surface area contributed by atoms with Crippen LogP contribution in [0.3, 0.4) is 0 Å². The first-order valence-corrected chi connectivity index (χ1v) is 8.26. The van der Waals surface area contributed by atoms with Crippen LogP contribution < -0.4 is 10.2 Å². The second-order valence-electron chi connectivity index (χ2n) is 5.69. The van der Waals surface area contributed by atoms with E-state index in [0.717, 1.165) is 21.4 Å². The smallest absolute Gasteiger partial charge is 0.229 e. The predicted molar refractivity (Wildman–Crippen MR) is 94.4 cm³/mol. The summed E-state index contributed by atoms with van der Waals surface area (Å²) in [6, 6.07) is 15.1. The van der Waals surface area contributed by atoms with Crippen molar-refractivity contribution in [1.29, 1.82) is 0 Å². The number of hydrogen-bond donors (Lipinski definition) is 1. The van der Waals surface area contributed by atoms with Crippen LogP contribution in [0.4, 0.5) is 11.4 Å². The number of hydrogen-bond acceptors (Lipinski definition) is 2. The van der Waals surface area contributed by atoms with E-state index in [0.29, 0.717) is 6.54 Å². The number of carbonyl (C=O) groups excluding carboxylic acids is 2. The van der Waals surface area contributed by atoms with Gasteiger partial charge in [-0.1, -0.05) is 34.1 Å². The van der Waals surface area contributed by atoms with Crippen LogP contribution in [-0.2, 0) is 9.59 Å². The van der Waals surface area contributed by atoms with E-state index in [-0.39, 0.29) is 24.2 Å². The fraction of sp³-hybridized carbons (Fsp3) is 0.222. The maximum Gasteiger partial charge on any atom is 0.229 e. The van der Waals surface area contributed by atoms with Crippen LogP contribution in [0.15, 0.2) is 53.0 Å². The summed E-state index contributed by atoms with van der Waals surface area (Å²) in [6.07, 6.45) is 0.247. The zero-order valence-corrected chi connectivity index (χ0v) is 14.3. The first-order chi connectivity index (χ1) is 11.0. The lowest BCUT2D eigenvalue weighted by molar-refractivity contribution is -0.122. The molecule has 0 unspecified atom stereocenters. The third kappa shape index (κ3) is 3.45. The second-order valence-corrected chi connectivity index (χ2v) is 6.60. The average molecular weight is 373 g/mol. The van der Waals surface area contributed by atoms with Crippen molar-refractivity contribution in [3.8, 4) is 0 Å². The summed E-state index contributed by atoms with van der Waals surface area (Å²) < 4.78 is 0.956. The summed E-state index contributed by atoms with van der Waals surface area (Å²) in [7, 11) is 0. The van der Waals surface area contributed by atoms with Gasteiger partial charge in [-0.05, 0) is 42.8 Å². The van der Waals surface area contributed by atoms with Gasteiger partial charge in [-0.2, -0.15) is 0 Å². The quantitative estimate of drug-likeness (QED) is 0.891. The lowest BCUT2D eigenvalue weighted by Crippen LogP contribution is -2.28. The van der Waals surface area contributed by atoms with E-state index >= 15 is 0 Å². The average Bonchev–Trinajstić information content (AvgIpc) is 2.92. The summed E-state index contributed by atoms with van der Waals surface area (Å²) >= 11 is 3.36. The molecule has 1 aliphatic rings. The molecule has 0 aliphatic carbocycles. The van der Waals surface area contributed by atoms with E-state index < -0.39 is 0 Å². The van der Waals surface area contributed by atoms with Gasteiger partial charge in [0.2, 0.25) is 11.8 Å². The highest BCUT2D eigenvalue weighted by Crippen LogP contribution is 2.28. The summed E-state index contributed by atoms with van der Waals surface area (Å²) in [5, 5.41) is 2.88. The Morgan fingerprint density at radius 3 is 2.57 bits per heavy atom. The molecule has 2 aromatic rings.